The van der Waals surface area contributed by atoms with Crippen molar-refractivity contribution in [2.75, 3.05) is 19.8 Å². The Bertz CT molecular complexity index is 192. The Balaban J connectivity index is 2.41. The van der Waals surface area contributed by atoms with Gasteiger partial charge in [0.15, 0.2) is 0 Å². The fraction of sp³-hybridized carbons (Fsp3) is 0.778. The summed E-state index contributed by atoms with van der Waals surface area (Å²) in [6, 6.07) is 0. The lowest BCUT2D eigenvalue weighted by atomic mass is 10.2. The number of rotatable bonds is 5. The maximum Gasteiger partial charge on any atom is 0.134 e. The molecule has 0 aromatic heterocycles. The van der Waals surface area contributed by atoms with Crippen LogP contribution in [0.1, 0.15) is 13.8 Å². The zero-order valence-electron chi connectivity index (χ0n) is 7.99. The van der Waals surface area contributed by atoms with Gasteiger partial charge in [-0.1, -0.05) is 0 Å². The van der Waals surface area contributed by atoms with Crippen molar-refractivity contribution < 1.29 is 19.7 Å². The zero-order chi connectivity index (χ0) is 9.84. The Morgan fingerprint density at radius 3 is 2.62 bits per heavy atom. The summed E-state index contributed by atoms with van der Waals surface area (Å²) in [5, 5.41) is 18.1. The molecule has 1 heterocycles. The van der Waals surface area contributed by atoms with Crippen LogP contribution in [-0.4, -0.2) is 42.2 Å². The molecule has 4 heteroatoms. The predicted molar refractivity (Wildman–Crippen MR) is 47.2 cm³/mol. The van der Waals surface area contributed by atoms with Crippen LogP contribution in [0.15, 0.2) is 11.3 Å². The minimum Gasteiger partial charge on any atom is -0.492 e. The topological polar surface area (TPSA) is 62.2 Å². The maximum absolute atomic E-state index is 9.35. The molecule has 76 valence electrons. The Labute approximate surface area is 77.8 Å². The molecule has 2 unspecified atom stereocenters. The first kappa shape index (κ1) is 10.5. The van der Waals surface area contributed by atoms with Gasteiger partial charge in [0.2, 0.25) is 0 Å². The summed E-state index contributed by atoms with van der Waals surface area (Å²) in [5.41, 5.74) is 0.877. The smallest absolute Gasteiger partial charge is 0.134 e. The Morgan fingerprint density at radius 2 is 2.23 bits per heavy atom. The molecule has 1 rings (SSSR count). The van der Waals surface area contributed by atoms with E-state index in [1.807, 2.05) is 13.8 Å². The van der Waals surface area contributed by atoms with E-state index >= 15 is 0 Å². The SMILES string of the molecule is CC(C)=C(OCC1CO1)C(O)CO. The molecule has 0 radical (unpaired) electrons. The Hall–Kier alpha value is -0.580. The van der Waals surface area contributed by atoms with Gasteiger partial charge in [0.25, 0.3) is 0 Å². The van der Waals surface area contributed by atoms with Crippen molar-refractivity contribution >= 4 is 0 Å². The highest BCUT2D eigenvalue weighted by Crippen LogP contribution is 2.15. The maximum atomic E-state index is 9.35. The summed E-state index contributed by atoms with van der Waals surface area (Å²) >= 11 is 0. The van der Waals surface area contributed by atoms with Gasteiger partial charge in [-0.3, -0.25) is 0 Å². The molecule has 4 nitrogen and oxygen atoms in total. The van der Waals surface area contributed by atoms with Crippen LogP contribution >= 0.6 is 0 Å². The third-order valence-electron chi connectivity index (χ3n) is 1.80. The van der Waals surface area contributed by atoms with E-state index in [4.69, 9.17) is 14.6 Å². The van der Waals surface area contributed by atoms with E-state index in [-0.39, 0.29) is 12.7 Å². The molecule has 0 aromatic rings. The highest BCUT2D eigenvalue weighted by Gasteiger charge is 2.24. The number of aliphatic hydroxyl groups excluding tert-OH is 2. The van der Waals surface area contributed by atoms with Crippen LogP contribution in [0.4, 0.5) is 0 Å². The summed E-state index contributed by atoms with van der Waals surface area (Å²) in [5.74, 6) is 0.456. The lowest BCUT2D eigenvalue weighted by Crippen LogP contribution is -2.20. The fourth-order valence-corrected chi connectivity index (χ4v) is 1.00. The molecule has 0 saturated carbocycles. The van der Waals surface area contributed by atoms with Gasteiger partial charge in [0, 0.05) is 0 Å². The van der Waals surface area contributed by atoms with Gasteiger partial charge in [-0.2, -0.15) is 0 Å². The lowest BCUT2D eigenvalue weighted by Gasteiger charge is -2.15. The number of allylic oxidation sites excluding steroid dienone is 1. The Kier molecular flexibility index (Phi) is 3.71. The molecule has 0 aromatic carbocycles. The second kappa shape index (κ2) is 4.60. The van der Waals surface area contributed by atoms with E-state index < -0.39 is 6.10 Å². The number of ether oxygens (including phenoxy) is 2. The van der Waals surface area contributed by atoms with Gasteiger partial charge >= 0.3 is 0 Å². The van der Waals surface area contributed by atoms with Crippen molar-refractivity contribution in [2.24, 2.45) is 0 Å². The van der Waals surface area contributed by atoms with Crippen LogP contribution in [0.5, 0.6) is 0 Å². The number of epoxide rings is 1. The first-order chi connectivity index (χ1) is 6.15. The molecule has 1 aliphatic rings. The minimum absolute atomic E-state index is 0.167. The summed E-state index contributed by atoms with van der Waals surface area (Å²) in [6.45, 7) is 4.54. The van der Waals surface area contributed by atoms with Crippen LogP contribution in [0, 0.1) is 0 Å². The van der Waals surface area contributed by atoms with Crippen molar-refractivity contribution in [1.29, 1.82) is 0 Å². The van der Waals surface area contributed by atoms with Crippen molar-refractivity contribution in [2.45, 2.75) is 26.1 Å². The second-order valence-electron chi connectivity index (χ2n) is 3.33. The van der Waals surface area contributed by atoms with Gasteiger partial charge in [-0.15, -0.1) is 0 Å². The number of aliphatic hydroxyl groups is 2. The quantitative estimate of drug-likeness (QED) is 0.472. The molecule has 0 aliphatic carbocycles. The lowest BCUT2D eigenvalue weighted by molar-refractivity contribution is 0.0526. The van der Waals surface area contributed by atoms with E-state index in [0.717, 1.165) is 12.2 Å². The van der Waals surface area contributed by atoms with E-state index in [2.05, 4.69) is 0 Å². The first-order valence-electron chi connectivity index (χ1n) is 4.36. The third-order valence-corrected chi connectivity index (χ3v) is 1.80. The predicted octanol–water partition coefficient (Wildman–Crippen LogP) is 0.0489. The van der Waals surface area contributed by atoms with Crippen LogP contribution in [0.25, 0.3) is 0 Å². The van der Waals surface area contributed by atoms with Crippen molar-refractivity contribution in [3.8, 4) is 0 Å². The monoisotopic (exact) mass is 188 g/mol. The Morgan fingerprint density at radius 1 is 1.62 bits per heavy atom. The molecule has 0 bridgehead atoms. The summed E-state index contributed by atoms with van der Waals surface area (Å²) in [6.07, 6.45) is -0.746. The first-order valence-corrected chi connectivity index (χ1v) is 4.36. The van der Waals surface area contributed by atoms with Crippen LogP contribution in [0.2, 0.25) is 0 Å². The highest BCUT2D eigenvalue weighted by atomic mass is 16.6. The average molecular weight is 188 g/mol. The van der Waals surface area contributed by atoms with Crippen LogP contribution in [-0.2, 0) is 9.47 Å². The normalized spacial score (nSPS) is 22.3. The molecule has 0 spiro atoms. The number of hydrogen-bond donors (Lipinski definition) is 2. The van der Waals surface area contributed by atoms with Crippen LogP contribution in [0.3, 0.4) is 0 Å². The average Bonchev–Trinajstić information content (AvgIpc) is 2.87. The van der Waals surface area contributed by atoms with Gasteiger partial charge in [0.05, 0.1) is 13.2 Å². The molecule has 0 amide bonds. The summed E-state index contributed by atoms with van der Waals surface area (Å²) < 4.78 is 10.3. The van der Waals surface area contributed by atoms with Gasteiger partial charge in [-0.25, -0.2) is 0 Å². The van der Waals surface area contributed by atoms with Gasteiger partial charge in [-0.05, 0) is 19.4 Å². The van der Waals surface area contributed by atoms with Crippen molar-refractivity contribution in [3.05, 3.63) is 11.3 Å². The molecule has 1 aliphatic heterocycles. The molecule has 1 fully saturated rings. The van der Waals surface area contributed by atoms with Gasteiger partial charge in [0.1, 0.15) is 24.6 Å². The largest absolute Gasteiger partial charge is 0.492 e. The molecule has 1 saturated heterocycles. The molecular formula is C9H16O4. The van der Waals surface area contributed by atoms with Crippen molar-refractivity contribution in [1.82, 2.24) is 0 Å². The second-order valence-corrected chi connectivity index (χ2v) is 3.33. The zero-order valence-corrected chi connectivity index (χ0v) is 7.99. The van der Waals surface area contributed by atoms with Crippen LogP contribution < -0.4 is 0 Å². The molecule has 2 N–H and O–H groups in total. The van der Waals surface area contributed by atoms with Gasteiger partial charge < -0.3 is 19.7 Å². The third kappa shape index (κ3) is 3.34. The fourth-order valence-electron chi connectivity index (χ4n) is 1.00. The highest BCUT2D eigenvalue weighted by molar-refractivity contribution is 5.07. The van der Waals surface area contributed by atoms with E-state index in [0.29, 0.717) is 12.4 Å². The van der Waals surface area contributed by atoms with Crippen molar-refractivity contribution in [3.63, 3.8) is 0 Å². The number of hydrogen-bond acceptors (Lipinski definition) is 4. The minimum atomic E-state index is -0.913. The standard InChI is InChI=1S/C9H16O4/c1-6(2)9(8(11)3-10)13-5-7-4-12-7/h7-8,10-11H,3-5H2,1-2H3. The molecular weight excluding hydrogens is 172 g/mol. The molecule has 2 atom stereocenters. The molecule has 13 heavy (non-hydrogen) atoms. The summed E-state index contributed by atoms with van der Waals surface area (Å²) in [7, 11) is 0. The van der Waals surface area contributed by atoms with E-state index in [1.54, 1.807) is 0 Å². The summed E-state index contributed by atoms with van der Waals surface area (Å²) in [4.78, 5) is 0. The van der Waals surface area contributed by atoms with E-state index in [9.17, 15) is 5.11 Å². The van der Waals surface area contributed by atoms with E-state index in [1.165, 1.54) is 0 Å².